The highest BCUT2D eigenvalue weighted by Crippen LogP contribution is 2.28. The van der Waals surface area contributed by atoms with Gasteiger partial charge in [-0.25, -0.2) is 0 Å². The lowest BCUT2D eigenvalue weighted by molar-refractivity contribution is 0.269. The highest BCUT2D eigenvalue weighted by Gasteiger charge is 2.10. The van der Waals surface area contributed by atoms with Crippen molar-refractivity contribution >= 4 is 0 Å². The van der Waals surface area contributed by atoms with E-state index >= 15 is 0 Å². The Bertz CT molecular complexity index is 397. The van der Waals surface area contributed by atoms with Crippen molar-refractivity contribution in [2.24, 2.45) is 0 Å². The van der Waals surface area contributed by atoms with E-state index < -0.39 is 0 Å². The number of ether oxygens (including phenoxy) is 2. The number of aromatic nitrogens is 1. The molecule has 5 nitrogen and oxygen atoms in total. The Morgan fingerprint density at radius 2 is 2.05 bits per heavy atom. The van der Waals surface area contributed by atoms with Gasteiger partial charge in [-0.05, 0) is 40.4 Å². The lowest BCUT2D eigenvalue weighted by Gasteiger charge is -2.20. The molecule has 1 heterocycles. The number of nitrogens with one attached hydrogen (secondary N) is 1. The van der Waals surface area contributed by atoms with E-state index in [0.29, 0.717) is 18.3 Å². The van der Waals surface area contributed by atoms with Crippen LogP contribution in [0.5, 0.6) is 11.5 Å². The van der Waals surface area contributed by atoms with Gasteiger partial charge in [0.1, 0.15) is 0 Å². The lowest BCUT2D eigenvalue weighted by Crippen LogP contribution is -2.29. The van der Waals surface area contributed by atoms with Gasteiger partial charge in [0.15, 0.2) is 11.5 Å². The van der Waals surface area contributed by atoms with Crippen molar-refractivity contribution in [2.45, 2.75) is 32.9 Å². The van der Waals surface area contributed by atoms with E-state index in [2.05, 4.69) is 36.1 Å². The third-order valence-corrected chi connectivity index (χ3v) is 3.40. The predicted octanol–water partition coefficient (Wildman–Crippen LogP) is 1.92. The molecule has 0 aliphatic heterocycles. The summed E-state index contributed by atoms with van der Waals surface area (Å²) in [6.45, 7) is 7.15. The summed E-state index contributed by atoms with van der Waals surface area (Å²) >= 11 is 0. The van der Waals surface area contributed by atoms with Crippen molar-refractivity contribution in [1.29, 1.82) is 0 Å². The van der Waals surface area contributed by atoms with Crippen LogP contribution in [0.2, 0.25) is 0 Å². The third-order valence-electron chi connectivity index (χ3n) is 3.40. The summed E-state index contributed by atoms with van der Waals surface area (Å²) in [4.78, 5) is 6.68. The molecule has 20 heavy (non-hydrogen) atoms. The molecule has 114 valence electrons. The molecule has 1 rings (SSSR count). The normalized spacial score (nSPS) is 11.2. The molecule has 0 aliphatic rings. The molecule has 1 N–H and O–H groups in total. The van der Waals surface area contributed by atoms with Gasteiger partial charge in [-0.2, -0.15) is 0 Å². The van der Waals surface area contributed by atoms with Gasteiger partial charge in [0.2, 0.25) is 0 Å². The highest BCUT2D eigenvalue weighted by molar-refractivity contribution is 5.42. The SMILES string of the molecule is COc1ccnc(CNCCCN(C)C(C)C)c1OC. The second kappa shape index (κ2) is 8.76. The van der Waals surface area contributed by atoms with E-state index in [4.69, 9.17) is 9.47 Å². The summed E-state index contributed by atoms with van der Waals surface area (Å²) in [6.07, 6.45) is 2.85. The molecule has 1 aromatic rings. The Hall–Kier alpha value is -1.33. The van der Waals surface area contributed by atoms with Crippen molar-refractivity contribution in [3.05, 3.63) is 18.0 Å². The van der Waals surface area contributed by atoms with Crippen molar-refractivity contribution < 1.29 is 9.47 Å². The van der Waals surface area contributed by atoms with Gasteiger partial charge in [-0.1, -0.05) is 0 Å². The van der Waals surface area contributed by atoms with Crippen LogP contribution in [-0.2, 0) is 6.54 Å². The number of nitrogens with zero attached hydrogens (tertiary/aromatic N) is 2. The highest BCUT2D eigenvalue weighted by atomic mass is 16.5. The molecule has 0 atom stereocenters. The maximum atomic E-state index is 5.36. The summed E-state index contributed by atoms with van der Waals surface area (Å²) in [5.74, 6) is 1.43. The molecule has 0 spiro atoms. The van der Waals surface area contributed by atoms with Crippen LogP contribution in [0, 0.1) is 0 Å². The van der Waals surface area contributed by atoms with Gasteiger partial charge >= 0.3 is 0 Å². The van der Waals surface area contributed by atoms with E-state index in [9.17, 15) is 0 Å². The number of hydrogen-bond acceptors (Lipinski definition) is 5. The Morgan fingerprint density at radius 3 is 2.65 bits per heavy atom. The van der Waals surface area contributed by atoms with E-state index in [-0.39, 0.29) is 0 Å². The molecule has 0 fully saturated rings. The second-order valence-corrected chi connectivity index (χ2v) is 5.10. The first-order valence-corrected chi connectivity index (χ1v) is 7.07. The molecule has 0 radical (unpaired) electrons. The van der Waals surface area contributed by atoms with E-state index in [1.807, 2.05) is 0 Å². The zero-order valence-corrected chi connectivity index (χ0v) is 13.3. The smallest absolute Gasteiger partial charge is 0.183 e. The van der Waals surface area contributed by atoms with Crippen molar-refractivity contribution in [2.75, 3.05) is 34.4 Å². The lowest BCUT2D eigenvalue weighted by atomic mass is 10.3. The average molecular weight is 281 g/mol. The van der Waals surface area contributed by atoms with Gasteiger partial charge in [-0.15, -0.1) is 0 Å². The van der Waals surface area contributed by atoms with E-state index in [0.717, 1.165) is 31.0 Å². The fourth-order valence-electron chi connectivity index (χ4n) is 1.89. The number of hydrogen-bond donors (Lipinski definition) is 1. The van der Waals surface area contributed by atoms with Crippen LogP contribution in [0.15, 0.2) is 12.3 Å². The molecule has 0 saturated heterocycles. The van der Waals surface area contributed by atoms with Crippen molar-refractivity contribution in [1.82, 2.24) is 15.2 Å². The van der Waals surface area contributed by atoms with Crippen LogP contribution < -0.4 is 14.8 Å². The summed E-state index contributed by atoms with van der Waals surface area (Å²) < 4.78 is 10.6. The van der Waals surface area contributed by atoms with Crippen molar-refractivity contribution in [3.8, 4) is 11.5 Å². The fraction of sp³-hybridized carbons (Fsp3) is 0.667. The Morgan fingerprint density at radius 1 is 1.30 bits per heavy atom. The summed E-state index contributed by atoms with van der Waals surface area (Å²) in [7, 11) is 5.43. The standard InChI is InChI=1S/C15H27N3O2/c1-12(2)18(3)10-6-8-16-11-13-15(20-5)14(19-4)7-9-17-13/h7,9,12,16H,6,8,10-11H2,1-5H3. The summed E-state index contributed by atoms with van der Waals surface area (Å²) in [5, 5.41) is 3.40. The number of methoxy groups -OCH3 is 2. The summed E-state index contributed by atoms with van der Waals surface area (Å²) in [5.41, 5.74) is 0.879. The molecule has 0 saturated carbocycles. The first-order chi connectivity index (χ1) is 9.60. The Labute approximate surface area is 122 Å². The molecule has 0 amide bonds. The maximum Gasteiger partial charge on any atom is 0.183 e. The molecular weight excluding hydrogens is 254 g/mol. The van der Waals surface area contributed by atoms with Gasteiger partial charge in [0, 0.05) is 24.8 Å². The van der Waals surface area contributed by atoms with Crippen LogP contribution in [0.3, 0.4) is 0 Å². The van der Waals surface area contributed by atoms with E-state index in [1.54, 1.807) is 26.5 Å². The first-order valence-electron chi connectivity index (χ1n) is 7.07. The summed E-state index contributed by atoms with van der Waals surface area (Å²) in [6, 6.07) is 2.40. The Kier molecular flexibility index (Phi) is 7.33. The maximum absolute atomic E-state index is 5.36. The predicted molar refractivity (Wildman–Crippen MR) is 81.4 cm³/mol. The second-order valence-electron chi connectivity index (χ2n) is 5.10. The molecule has 0 aliphatic carbocycles. The van der Waals surface area contributed by atoms with Crippen LogP contribution in [0.1, 0.15) is 26.0 Å². The Balaban J connectivity index is 2.39. The van der Waals surface area contributed by atoms with Gasteiger partial charge in [0.05, 0.1) is 19.9 Å². The monoisotopic (exact) mass is 281 g/mol. The van der Waals surface area contributed by atoms with Crippen LogP contribution in [-0.4, -0.2) is 50.3 Å². The third kappa shape index (κ3) is 4.98. The van der Waals surface area contributed by atoms with Gasteiger partial charge < -0.3 is 19.7 Å². The van der Waals surface area contributed by atoms with Crippen molar-refractivity contribution in [3.63, 3.8) is 0 Å². The topological polar surface area (TPSA) is 46.6 Å². The molecule has 5 heteroatoms. The average Bonchev–Trinajstić information content (AvgIpc) is 2.45. The van der Waals surface area contributed by atoms with Gasteiger partial charge in [-0.3, -0.25) is 4.98 Å². The first kappa shape index (κ1) is 16.7. The minimum Gasteiger partial charge on any atom is -0.493 e. The van der Waals surface area contributed by atoms with Crippen LogP contribution >= 0.6 is 0 Å². The zero-order chi connectivity index (χ0) is 15.0. The quantitative estimate of drug-likeness (QED) is 0.701. The largest absolute Gasteiger partial charge is 0.493 e. The van der Waals surface area contributed by atoms with Crippen LogP contribution in [0.4, 0.5) is 0 Å². The molecule has 0 aromatic carbocycles. The molecule has 0 unspecified atom stereocenters. The number of pyridine rings is 1. The van der Waals surface area contributed by atoms with E-state index in [1.165, 1.54) is 0 Å². The fourth-order valence-corrected chi connectivity index (χ4v) is 1.89. The zero-order valence-electron chi connectivity index (χ0n) is 13.3. The van der Waals surface area contributed by atoms with Crippen LogP contribution in [0.25, 0.3) is 0 Å². The van der Waals surface area contributed by atoms with Gasteiger partial charge in [0.25, 0.3) is 0 Å². The molecule has 0 bridgehead atoms. The minimum atomic E-state index is 0.593. The molecular formula is C15H27N3O2. The minimum absolute atomic E-state index is 0.593. The molecule has 1 aromatic heterocycles. The number of rotatable bonds is 9.